The fraction of sp³-hybridized carbons (Fsp3) is 0.292. The van der Waals surface area contributed by atoms with Gasteiger partial charge in [-0.1, -0.05) is 17.7 Å². The predicted molar refractivity (Wildman–Crippen MR) is 115 cm³/mol. The van der Waals surface area contributed by atoms with Crippen molar-refractivity contribution < 1.29 is 24.5 Å². The summed E-state index contributed by atoms with van der Waals surface area (Å²) in [4.78, 5) is 13.3. The van der Waals surface area contributed by atoms with E-state index >= 15 is 0 Å². The van der Waals surface area contributed by atoms with Crippen molar-refractivity contribution in [2.24, 2.45) is 0 Å². The van der Waals surface area contributed by atoms with Crippen LogP contribution in [0, 0.1) is 0 Å². The summed E-state index contributed by atoms with van der Waals surface area (Å²) in [6.45, 7) is 7.10. The summed E-state index contributed by atoms with van der Waals surface area (Å²) < 4.78 is 11.5. The van der Waals surface area contributed by atoms with Gasteiger partial charge in [-0.25, -0.2) is 0 Å². The van der Waals surface area contributed by atoms with E-state index in [1.165, 1.54) is 12.3 Å². The van der Waals surface area contributed by atoms with Gasteiger partial charge >= 0.3 is 0 Å². The Labute approximate surface area is 173 Å². The Bertz CT molecular complexity index is 1240. The lowest BCUT2D eigenvalue weighted by atomic mass is 9.95. The van der Waals surface area contributed by atoms with E-state index in [2.05, 4.69) is 0 Å². The number of phenols is 2. The van der Waals surface area contributed by atoms with Crippen LogP contribution in [0.5, 0.6) is 17.2 Å². The number of rotatable bonds is 3. The molecule has 3 N–H and O–H groups in total. The molecule has 2 heterocycles. The van der Waals surface area contributed by atoms with Gasteiger partial charge in [-0.2, -0.15) is 0 Å². The number of hydrogen-bond acceptors (Lipinski definition) is 6. The van der Waals surface area contributed by atoms with Crippen molar-refractivity contribution in [2.45, 2.75) is 45.8 Å². The monoisotopic (exact) mass is 408 g/mol. The zero-order valence-corrected chi connectivity index (χ0v) is 17.3. The SMILES string of the molecule is CC(C)=Cc1cc(-c2coc3cc4c(c(O)c3c2=O)CC(C(C)(C)O)O4)ccc1O. The molecular weight excluding hydrogens is 384 g/mol. The Morgan fingerprint density at radius 1 is 1.20 bits per heavy atom. The van der Waals surface area contributed by atoms with Crippen molar-refractivity contribution in [1.29, 1.82) is 0 Å². The van der Waals surface area contributed by atoms with Gasteiger partial charge in [-0.3, -0.25) is 4.79 Å². The number of allylic oxidation sites excluding steroid dienone is 1. The first-order chi connectivity index (χ1) is 14.1. The Hall–Kier alpha value is -3.25. The van der Waals surface area contributed by atoms with Crippen molar-refractivity contribution in [3.63, 3.8) is 0 Å². The highest BCUT2D eigenvalue weighted by Crippen LogP contribution is 2.42. The Morgan fingerprint density at radius 3 is 2.60 bits per heavy atom. The number of phenolic OH excluding ortho intramolecular Hbond substituents is 2. The van der Waals surface area contributed by atoms with Crippen molar-refractivity contribution in [3.05, 3.63) is 57.5 Å². The zero-order valence-electron chi connectivity index (χ0n) is 17.3. The maximum absolute atomic E-state index is 13.3. The summed E-state index contributed by atoms with van der Waals surface area (Å²) in [6, 6.07) is 6.44. The van der Waals surface area contributed by atoms with Gasteiger partial charge in [-0.15, -0.1) is 0 Å². The Kier molecular flexibility index (Phi) is 4.62. The molecule has 0 saturated carbocycles. The lowest BCUT2D eigenvalue weighted by Crippen LogP contribution is -2.39. The fourth-order valence-electron chi connectivity index (χ4n) is 3.71. The first-order valence-corrected chi connectivity index (χ1v) is 9.74. The molecule has 0 spiro atoms. The maximum Gasteiger partial charge on any atom is 0.204 e. The molecule has 1 aliphatic rings. The molecule has 0 fully saturated rings. The average molecular weight is 408 g/mol. The number of aromatic hydroxyl groups is 2. The molecule has 0 aliphatic carbocycles. The van der Waals surface area contributed by atoms with Crippen LogP contribution >= 0.6 is 0 Å². The zero-order chi connectivity index (χ0) is 21.8. The van der Waals surface area contributed by atoms with Gasteiger partial charge < -0.3 is 24.5 Å². The molecule has 30 heavy (non-hydrogen) atoms. The predicted octanol–water partition coefficient (Wildman–Crippen LogP) is 4.37. The van der Waals surface area contributed by atoms with E-state index in [0.717, 1.165) is 5.57 Å². The number of hydrogen-bond donors (Lipinski definition) is 3. The largest absolute Gasteiger partial charge is 0.507 e. The van der Waals surface area contributed by atoms with Crippen LogP contribution in [0.1, 0.15) is 38.8 Å². The number of fused-ring (bicyclic) bond motifs is 2. The second kappa shape index (κ2) is 6.92. The van der Waals surface area contributed by atoms with E-state index < -0.39 is 11.7 Å². The topological polar surface area (TPSA) is 100 Å². The molecule has 4 rings (SSSR count). The molecule has 1 aliphatic heterocycles. The van der Waals surface area contributed by atoms with E-state index in [9.17, 15) is 20.1 Å². The molecule has 2 aromatic carbocycles. The van der Waals surface area contributed by atoms with Crippen molar-refractivity contribution in [1.82, 2.24) is 0 Å². The highest BCUT2D eigenvalue weighted by Gasteiger charge is 2.37. The summed E-state index contributed by atoms with van der Waals surface area (Å²) in [5.41, 5.74) is 1.65. The van der Waals surface area contributed by atoms with Gasteiger partial charge in [0.15, 0.2) is 0 Å². The summed E-state index contributed by atoms with van der Waals surface area (Å²) in [6.07, 6.45) is 2.92. The van der Waals surface area contributed by atoms with Gasteiger partial charge in [-0.05, 0) is 45.4 Å². The molecule has 0 bridgehead atoms. The van der Waals surface area contributed by atoms with Gasteiger partial charge in [0.05, 0.1) is 11.2 Å². The molecule has 6 heteroatoms. The molecule has 1 atom stereocenters. The molecule has 1 unspecified atom stereocenters. The summed E-state index contributed by atoms with van der Waals surface area (Å²) >= 11 is 0. The first kappa shape index (κ1) is 20.0. The van der Waals surface area contributed by atoms with Crippen LogP contribution in [0.25, 0.3) is 28.2 Å². The summed E-state index contributed by atoms with van der Waals surface area (Å²) in [5, 5.41) is 31.3. The van der Waals surface area contributed by atoms with Crippen LogP contribution in [-0.2, 0) is 6.42 Å². The lowest BCUT2D eigenvalue weighted by molar-refractivity contribution is -0.0229. The number of aliphatic hydroxyl groups is 1. The van der Waals surface area contributed by atoms with Crippen LogP contribution in [0.4, 0.5) is 0 Å². The molecule has 156 valence electrons. The molecule has 1 aromatic heterocycles. The van der Waals surface area contributed by atoms with Crippen LogP contribution in [0.2, 0.25) is 0 Å². The molecule has 6 nitrogen and oxygen atoms in total. The van der Waals surface area contributed by atoms with Crippen LogP contribution in [0.15, 0.2) is 45.3 Å². The lowest BCUT2D eigenvalue weighted by Gasteiger charge is -2.24. The van der Waals surface area contributed by atoms with Gasteiger partial charge in [0.25, 0.3) is 0 Å². The van der Waals surface area contributed by atoms with Gasteiger partial charge in [0.2, 0.25) is 5.43 Å². The number of benzene rings is 2. The van der Waals surface area contributed by atoms with Crippen molar-refractivity contribution in [2.75, 3.05) is 0 Å². The second-order valence-electron chi connectivity index (χ2n) is 8.51. The minimum Gasteiger partial charge on any atom is -0.507 e. The molecule has 0 amide bonds. The minimum atomic E-state index is -1.10. The second-order valence-corrected chi connectivity index (χ2v) is 8.51. The molecule has 0 radical (unpaired) electrons. The third-order valence-electron chi connectivity index (χ3n) is 5.33. The number of ether oxygens (including phenoxy) is 1. The maximum atomic E-state index is 13.3. The van der Waals surface area contributed by atoms with Crippen LogP contribution in [0.3, 0.4) is 0 Å². The normalized spacial score (nSPS) is 15.7. The summed E-state index contributed by atoms with van der Waals surface area (Å²) in [5.74, 6) is 0.326. The van der Waals surface area contributed by atoms with Crippen molar-refractivity contribution in [3.8, 4) is 28.4 Å². The van der Waals surface area contributed by atoms with Gasteiger partial charge in [0, 0.05) is 23.6 Å². The molecule has 3 aromatic rings. The van der Waals surface area contributed by atoms with Crippen LogP contribution < -0.4 is 10.2 Å². The quantitative estimate of drug-likeness (QED) is 0.595. The smallest absolute Gasteiger partial charge is 0.204 e. The fourth-order valence-corrected chi connectivity index (χ4v) is 3.71. The highest BCUT2D eigenvalue weighted by molar-refractivity contribution is 5.90. The molecular formula is C24H24O6. The minimum absolute atomic E-state index is 0.0723. The van der Waals surface area contributed by atoms with Crippen LogP contribution in [-0.4, -0.2) is 27.0 Å². The van der Waals surface area contributed by atoms with Gasteiger partial charge in [0.1, 0.15) is 40.6 Å². The van der Waals surface area contributed by atoms with E-state index in [1.807, 2.05) is 19.9 Å². The van der Waals surface area contributed by atoms with E-state index in [-0.39, 0.29) is 39.9 Å². The standard InChI is InChI=1S/C24H24O6/c1-12(2)7-14-8-13(5-6-17(14)25)16-11-29-19-10-18-15(22(26)21(19)23(16)27)9-20(30-18)24(3,4)28/h5-8,10-11,20,25-26,28H,9H2,1-4H3. The Morgan fingerprint density at radius 2 is 1.93 bits per heavy atom. The third-order valence-corrected chi connectivity index (χ3v) is 5.33. The highest BCUT2D eigenvalue weighted by atomic mass is 16.5. The van der Waals surface area contributed by atoms with Crippen molar-refractivity contribution >= 4 is 17.0 Å². The first-order valence-electron chi connectivity index (χ1n) is 9.74. The molecule has 0 saturated heterocycles. The van der Waals surface area contributed by atoms with E-state index in [4.69, 9.17) is 9.15 Å². The third kappa shape index (κ3) is 3.33. The van der Waals surface area contributed by atoms with E-state index in [0.29, 0.717) is 22.4 Å². The summed E-state index contributed by atoms with van der Waals surface area (Å²) in [7, 11) is 0. The Balaban J connectivity index is 1.88. The average Bonchev–Trinajstić information content (AvgIpc) is 3.08. The van der Waals surface area contributed by atoms with E-state index in [1.54, 1.807) is 32.0 Å².